The van der Waals surface area contributed by atoms with Gasteiger partial charge in [-0.05, 0) is 38.0 Å². The zero-order valence-electron chi connectivity index (χ0n) is 10.1. The van der Waals surface area contributed by atoms with Gasteiger partial charge in [-0.25, -0.2) is 0 Å². The zero-order chi connectivity index (χ0) is 12.7. The van der Waals surface area contributed by atoms with Gasteiger partial charge in [0, 0.05) is 29.2 Å². The number of hydrogen-bond acceptors (Lipinski definition) is 2. The maximum Gasteiger partial charge on any atom is 0.0927 e. The molecule has 2 nitrogen and oxygen atoms in total. The van der Waals surface area contributed by atoms with Gasteiger partial charge in [0.1, 0.15) is 0 Å². The second-order valence-electron chi connectivity index (χ2n) is 4.65. The molecule has 0 amide bonds. The monoisotopic (exact) mass is 280 g/mol. The molecule has 0 bridgehead atoms. The quantitative estimate of drug-likeness (QED) is 0.869. The van der Waals surface area contributed by atoms with Crippen molar-refractivity contribution in [3.63, 3.8) is 0 Å². The molecule has 0 saturated heterocycles. The Morgan fingerprint density at radius 1 is 1.28 bits per heavy atom. The Balaban J connectivity index is 2.29. The lowest BCUT2D eigenvalue weighted by Crippen LogP contribution is -2.01. The molecule has 1 aromatic carbocycles. The van der Waals surface area contributed by atoms with Crippen molar-refractivity contribution < 1.29 is 0 Å². The molecule has 4 heteroatoms. The summed E-state index contributed by atoms with van der Waals surface area (Å²) < 4.78 is 0. The highest BCUT2D eigenvalue weighted by Crippen LogP contribution is 2.43. The lowest BCUT2D eigenvalue weighted by atomic mass is 10.1. The molecule has 0 unspecified atom stereocenters. The van der Waals surface area contributed by atoms with Crippen LogP contribution in [0, 0.1) is 0 Å². The Kier molecular flexibility index (Phi) is 3.08. The Bertz CT molecular complexity index is 606. The zero-order valence-corrected chi connectivity index (χ0v) is 11.6. The van der Waals surface area contributed by atoms with Crippen LogP contribution in [0.1, 0.15) is 31.4 Å². The van der Waals surface area contributed by atoms with E-state index in [9.17, 15) is 0 Å². The van der Waals surface area contributed by atoms with E-state index in [1.165, 1.54) is 12.8 Å². The van der Waals surface area contributed by atoms with E-state index >= 15 is 0 Å². The Labute approximate surface area is 116 Å². The van der Waals surface area contributed by atoms with Crippen molar-refractivity contribution in [3.8, 4) is 0 Å². The minimum Gasteiger partial charge on any atom is -0.385 e. The normalized spacial score (nSPS) is 15.1. The van der Waals surface area contributed by atoms with E-state index in [1.807, 2.05) is 12.1 Å². The van der Waals surface area contributed by atoms with Crippen molar-refractivity contribution in [1.82, 2.24) is 4.98 Å². The number of anilines is 1. The number of nitrogens with one attached hydrogen (secondary N) is 1. The summed E-state index contributed by atoms with van der Waals surface area (Å²) in [5.74, 6) is 0.599. The predicted octanol–water partition coefficient (Wildman–Crippen LogP) is 4.85. The van der Waals surface area contributed by atoms with E-state index in [4.69, 9.17) is 23.2 Å². The van der Waals surface area contributed by atoms with Crippen LogP contribution in [-0.4, -0.2) is 11.5 Å². The number of rotatable bonds is 3. The number of hydrogen-bond donors (Lipinski definition) is 1. The topological polar surface area (TPSA) is 24.9 Å². The molecule has 0 aliphatic heterocycles. The van der Waals surface area contributed by atoms with Crippen molar-refractivity contribution in [1.29, 1.82) is 0 Å². The molecule has 0 radical (unpaired) electrons. The lowest BCUT2D eigenvalue weighted by Gasteiger charge is -2.12. The van der Waals surface area contributed by atoms with Gasteiger partial charge in [0.2, 0.25) is 0 Å². The van der Waals surface area contributed by atoms with E-state index in [1.54, 1.807) is 0 Å². The molecule has 1 N–H and O–H groups in total. The first-order valence-corrected chi connectivity index (χ1v) is 6.98. The second-order valence-corrected chi connectivity index (χ2v) is 5.47. The predicted molar refractivity (Wildman–Crippen MR) is 77.9 cm³/mol. The van der Waals surface area contributed by atoms with Gasteiger partial charge < -0.3 is 5.32 Å². The number of fused-ring (bicyclic) bond motifs is 1. The van der Waals surface area contributed by atoms with Gasteiger partial charge in [0.25, 0.3) is 0 Å². The highest BCUT2D eigenvalue weighted by atomic mass is 35.5. The minimum absolute atomic E-state index is 0.599. The maximum absolute atomic E-state index is 6.28. The summed E-state index contributed by atoms with van der Waals surface area (Å²) in [4.78, 5) is 4.68. The van der Waals surface area contributed by atoms with Crippen molar-refractivity contribution >= 4 is 39.8 Å². The van der Waals surface area contributed by atoms with Crippen LogP contribution < -0.4 is 5.32 Å². The van der Waals surface area contributed by atoms with Crippen molar-refractivity contribution in [2.24, 2.45) is 0 Å². The third-order valence-corrected chi connectivity index (χ3v) is 3.86. The third kappa shape index (κ3) is 2.04. The molecule has 3 rings (SSSR count). The summed E-state index contributed by atoms with van der Waals surface area (Å²) in [7, 11) is 0. The van der Waals surface area contributed by atoms with Crippen molar-refractivity contribution in [2.45, 2.75) is 25.7 Å². The fourth-order valence-electron chi connectivity index (χ4n) is 2.21. The highest BCUT2D eigenvalue weighted by molar-refractivity contribution is 6.40. The molecule has 1 aromatic heterocycles. The van der Waals surface area contributed by atoms with Crippen LogP contribution in [0.5, 0.6) is 0 Å². The molecule has 18 heavy (non-hydrogen) atoms. The molecule has 1 aliphatic rings. The molecule has 1 fully saturated rings. The van der Waals surface area contributed by atoms with Gasteiger partial charge in [-0.3, -0.25) is 4.98 Å². The Hall–Kier alpha value is -0.990. The van der Waals surface area contributed by atoms with E-state index in [0.29, 0.717) is 16.0 Å². The Morgan fingerprint density at radius 3 is 2.67 bits per heavy atom. The molecule has 1 heterocycles. The molecule has 94 valence electrons. The van der Waals surface area contributed by atoms with Crippen LogP contribution >= 0.6 is 23.2 Å². The van der Waals surface area contributed by atoms with Gasteiger partial charge in [0.15, 0.2) is 0 Å². The number of nitrogens with zero attached hydrogens (tertiary/aromatic N) is 1. The summed E-state index contributed by atoms with van der Waals surface area (Å²) in [6.45, 7) is 2.92. The maximum atomic E-state index is 6.28. The summed E-state index contributed by atoms with van der Waals surface area (Å²) >= 11 is 12.5. The standard InChI is InChI=1S/C14H14Cl2N2/c1-2-17-12-7-11(8-3-4-8)18-14-10(16)6-5-9(15)13(12)14/h5-8H,2-4H2,1H3,(H,17,18). The molecular weight excluding hydrogens is 267 g/mol. The molecule has 0 atom stereocenters. The van der Waals surface area contributed by atoms with E-state index in [0.717, 1.165) is 28.8 Å². The van der Waals surface area contributed by atoms with E-state index in [2.05, 4.69) is 23.3 Å². The SMILES string of the molecule is CCNc1cc(C2CC2)nc2c(Cl)ccc(Cl)c12. The van der Waals surface area contributed by atoms with Gasteiger partial charge in [0.05, 0.1) is 15.6 Å². The largest absolute Gasteiger partial charge is 0.385 e. The molecule has 1 saturated carbocycles. The summed E-state index contributed by atoms with van der Waals surface area (Å²) in [5.41, 5.74) is 2.98. The number of aromatic nitrogens is 1. The first kappa shape index (κ1) is 12.1. The van der Waals surface area contributed by atoms with Crippen LogP contribution in [0.15, 0.2) is 18.2 Å². The third-order valence-electron chi connectivity index (χ3n) is 3.24. The smallest absolute Gasteiger partial charge is 0.0927 e. The number of halogens is 2. The number of pyridine rings is 1. The van der Waals surface area contributed by atoms with Crippen LogP contribution in [0.4, 0.5) is 5.69 Å². The second kappa shape index (κ2) is 4.60. The first-order valence-electron chi connectivity index (χ1n) is 6.23. The summed E-state index contributed by atoms with van der Waals surface area (Å²) in [6, 6.07) is 5.75. The molecule has 0 spiro atoms. The number of benzene rings is 1. The van der Waals surface area contributed by atoms with Crippen LogP contribution in [0.2, 0.25) is 10.0 Å². The van der Waals surface area contributed by atoms with Gasteiger partial charge in [-0.1, -0.05) is 23.2 Å². The Morgan fingerprint density at radius 2 is 2.00 bits per heavy atom. The van der Waals surface area contributed by atoms with Crippen LogP contribution in [0.3, 0.4) is 0 Å². The van der Waals surface area contributed by atoms with Crippen LogP contribution in [-0.2, 0) is 0 Å². The summed E-state index contributed by atoms with van der Waals surface area (Å²) in [6.07, 6.45) is 2.45. The highest BCUT2D eigenvalue weighted by Gasteiger charge is 2.26. The van der Waals surface area contributed by atoms with Gasteiger partial charge >= 0.3 is 0 Å². The molecular formula is C14H14Cl2N2. The average molecular weight is 281 g/mol. The molecule has 1 aliphatic carbocycles. The van der Waals surface area contributed by atoms with E-state index < -0.39 is 0 Å². The minimum atomic E-state index is 0.599. The average Bonchev–Trinajstić information content (AvgIpc) is 3.18. The van der Waals surface area contributed by atoms with E-state index in [-0.39, 0.29) is 0 Å². The summed E-state index contributed by atoms with van der Waals surface area (Å²) in [5, 5.41) is 5.64. The fourth-order valence-corrected chi connectivity index (χ4v) is 2.66. The lowest BCUT2D eigenvalue weighted by molar-refractivity contribution is 1.04. The molecule has 2 aromatic rings. The van der Waals surface area contributed by atoms with Crippen LogP contribution in [0.25, 0.3) is 10.9 Å². The van der Waals surface area contributed by atoms with Gasteiger partial charge in [-0.2, -0.15) is 0 Å². The first-order chi connectivity index (χ1) is 8.70. The fraction of sp³-hybridized carbons (Fsp3) is 0.357. The van der Waals surface area contributed by atoms with Crippen molar-refractivity contribution in [2.75, 3.05) is 11.9 Å². The van der Waals surface area contributed by atoms with Gasteiger partial charge in [-0.15, -0.1) is 0 Å². The van der Waals surface area contributed by atoms with Crippen molar-refractivity contribution in [3.05, 3.63) is 33.9 Å².